The van der Waals surface area contributed by atoms with Crippen LogP contribution in [0.25, 0.3) is 6.08 Å². The van der Waals surface area contributed by atoms with Gasteiger partial charge in [0.15, 0.2) is 0 Å². The lowest BCUT2D eigenvalue weighted by Crippen LogP contribution is -2.11. The Kier molecular flexibility index (Phi) is 5.91. The number of nitrogens with zero attached hydrogens (tertiary/aromatic N) is 1. The molecule has 0 bridgehead atoms. The summed E-state index contributed by atoms with van der Waals surface area (Å²) in [6.07, 6.45) is 1.40. The molecule has 25 heavy (non-hydrogen) atoms. The molecule has 0 saturated heterocycles. The van der Waals surface area contributed by atoms with Crippen molar-refractivity contribution >= 4 is 23.6 Å². The van der Waals surface area contributed by atoms with E-state index in [2.05, 4.69) is 10.1 Å². The third-order valence-electron chi connectivity index (χ3n) is 3.33. The van der Waals surface area contributed by atoms with Crippen molar-refractivity contribution in [2.75, 3.05) is 19.5 Å². The van der Waals surface area contributed by atoms with Gasteiger partial charge in [0.2, 0.25) is 0 Å². The van der Waals surface area contributed by atoms with E-state index in [-0.39, 0.29) is 11.5 Å². The number of carbonyl (C=O) groups excluding carboxylic acids is 2. The monoisotopic (exact) mass is 336 g/mol. The van der Waals surface area contributed by atoms with Crippen LogP contribution in [-0.4, -0.2) is 26.1 Å². The number of amides is 1. The van der Waals surface area contributed by atoms with Gasteiger partial charge in [-0.25, -0.2) is 4.79 Å². The minimum absolute atomic E-state index is 0.124. The van der Waals surface area contributed by atoms with Gasteiger partial charge in [-0.05, 0) is 48.0 Å². The fourth-order valence-electron chi connectivity index (χ4n) is 2.07. The summed E-state index contributed by atoms with van der Waals surface area (Å²) in [5.74, 6) is -0.331. The molecule has 2 aromatic rings. The number of benzene rings is 2. The summed E-state index contributed by atoms with van der Waals surface area (Å²) in [7, 11) is 2.76. The fourth-order valence-corrected chi connectivity index (χ4v) is 2.07. The van der Waals surface area contributed by atoms with Crippen LogP contribution in [0.1, 0.15) is 15.9 Å². The predicted molar refractivity (Wildman–Crippen MR) is 93.0 cm³/mol. The van der Waals surface area contributed by atoms with Crippen molar-refractivity contribution in [2.24, 2.45) is 0 Å². The van der Waals surface area contributed by atoms with Gasteiger partial charge >= 0.3 is 5.97 Å². The van der Waals surface area contributed by atoms with E-state index in [0.29, 0.717) is 22.6 Å². The molecule has 0 unspecified atom stereocenters. The van der Waals surface area contributed by atoms with Gasteiger partial charge in [0.1, 0.15) is 17.4 Å². The maximum Gasteiger partial charge on any atom is 0.348 e. The minimum Gasteiger partial charge on any atom is -0.497 e. The van der Waals surface area contributed by atoms with Crippen molar-refractivity contribution in [1.82, 2.24) is 0 Å². The number of methoxy groups -OCH3 is 2. The van der Waals surface area contributed by atoms with E-state index < -0.39 is 5.97 Å². The molecule has 1 N–H and O–H groups in total. The van der Waals surface area contributed by atoms with Crippen LogP contribution in [0.5, 0.6) is 5.75 Å². The second-order valence-electron chi connectivity index (χ2n) is 4.97. The quantitative estimate of drug-likeness (QED) is 0.515. The lowest BCUT2D eigenvalue weighted by atomic mass is 10.1. The summed E-state index contributed by atoms with van der Waals surface area (Å²) >= 11 is 0. The van der Waals surface area contributed by atoms with Crippen LogP contribution in [0.3, 0.4) is 0 Å². The lowest BCUT2D eigenvalue weighted by Gasteiger charge is -2.07. The van der Waals surface area contributed by atoms with Gasteiger partial charge in [-0.3, -0.25) is 4.79 Å². The van der Waals surface area contributed by atoms with Crippen molar-refractivity contribution in [3.8, 4) is 11.8 Å². The number of nitrogens with one attached hydrogen (secondary N) is 1. The molecule has 126 valence electrons. The average Bonchev–Trinajstić information content (AvgIpc) is 2.65. The van der Waals surface area contributed by atoms with Crippen molar-refractivity contribution in [2.45, 2.75) is 0 Å². The largest absolute Gasteiger partial charge is 0.497 e. The molecular weight excluding hydrogens is 320 g/mol. The molecule has 0 aromatic heterocycles. The zero-order valence-corrected chi connectivity index (χ0v) is 13.8. The first-order valence-corrected chi connectivity index (χ1v) is 7.33. The van der Waals surface area contributed by atoms with Crippen molar-refractivity contribution in [1.29, 1.82) is 5.26 Å². The molecular formula is C19H16N2O4. The number of carbonyl (C=O) groups is 2. The van der Waals surface area contributed by atoms with E-state index in [1.165, 1.54) is 13.2 Å². The number of hydrogen-bond acceptors (Lipinski definition) is 5. The number of rotatable bonds is 5. The molecule has 2 aromatic carbocycles. The Morgan fingerprint density at radius 2 is 1.84 bits per heavy atom. The van der Waals surface area contributed by atoms with Crippen molar-refractivity contribution in [3.05, 3.63) is 65.2 Å². The Bertz CT molecular complexity index is 848. The molecule has 0 fully saturated rings. The first kappa shape index (κ1) is 17.8. The topological polar surface area (TPSA) is 88.4 Å². The Hall–Kier alpha value is -3.59. The van der Waals surface area contributed by atoms with E-state index in [0.717, 1.165) is 0 Å². The Labute approximate surface area is 145 Å². The zero-order chi connectivity index (χ0) is 18.2. The Balaban J connectivity index is 2.18. The van der Waals surface area contributed by atoms with Gasteiger partial charge in [0.25, 0.3) is 5.91 Å². The standard InChI is InChI=1S/C19H16N2O4/c1-24-17-8-6-14(7-9-17)18(22)21-16-5-3-4-13(11-16)10-15(12-20)19(23)25-2/h3-11H,1-2H3,(H,21,22)/b15-10+. The molecule has 0 aliphatic heterocycles. The highest BCUT2D eigenvalue weighted by atomic mass is 16.5. The molecule has 1 amide bonds. The van der Waals surface area contributed by atoms with Gasteiger partial charge < -0.3 is 14.8 Å². The van der Waals surface area contributed by atoms with Crippen LogP contribution in [0.15, 0.2) is 54.1 Å². The number of anilines is 1. The molecule has 0 aliphatic carbocycles. The van der Waals surface area contributed by atoms with Gasteiger partial charge in [0.05, 0.1) is 14.2 Å². The summed E-state index contributed by atoms with van der Waals surface area (Å²) in [5.41, 5.74) is 1.49. The molecule has 6 nitrogen and oxygen atoms in total. The third-order valence-corrected chi connectivity index (χ3v) is 3.33. The molecule has 0 heterocycles. The maximum atomic E-state index is 12.3. The van der Waals surface area contributed by atoms with Crippen molar-refractivity contribution in [3.63, 3.8) is 0 Å². The zero-order valence-electron chi connectivity index (χ0n) is 13.8. The van der Waals surface area contributed by atoms with Gasteiger partial charge in [0, 0.05) is 11.3 Å². The SMILES string of the molecule is COC(=O)/C(C#N)=C/c1cccc(NC(=O)c2ccc(OC)cc2)c1. The Morgan fingerprint density at radius 1 is 1.12 bits per heavy atom. The first-order valence-electron chi connectivity index (χ1n) is 7.33. The summed E-state index contributed by atoms with van der Waals surface area (Å²) in [4.78, 5) is 23.7. The smallest absolute Gasteiger partial charge is 0.348 e. The summed E-state index contributed by atoms with van der Waals surface area (Å²) < 4.78 is 9.59. The van der Waals surface area contributed by atoms with Gasteiger partial charge in [-0.15, -0.1) is 0 Å². The molecule has 0 radical (unpaired) electrons. The highest BCUT2D eigenvalue weighted by molar-refractivity contribution is 6.04. The molecule has 6 heteroatoms. The summed E-state index contributed by atoms with van der Waals surface area (Å²) in [6, 6.07) is 15.3. The van der Waals surface area contributed by atoms with E-state index in [9.17, 15) is 9.59 Å². The fraction of sp³-hybridized carbons (Fsp3) is 0.105. The second kappa shape index (κ2) is 8.31. The van der Waals surface area contributed by atoms with Crippen LogP contribution >= 0.6 is 0 Å². The number of esters is 1. The second-order valence-corrected chi connectivity index (χ2v) is 4.97. The summed E-state index contributed by atoms with van der Waals surface area (Å²) in [6.45, 7) is 0. The van der Waals surface area contributed by atoms with Crippen LogP contribution < -0.4 is 10.1 Å². The Morgan fingerprint density at radius 3 is 2.44 bits per heavy atom. The van der Waals surface area contributed by atoms with Crippen LogP contribution in [0, 0.1) is 11.3 Å². The van der Waals surface area contributed by atoms with Gasteiger partial charge in [-0.2, -0.15) is 5.26 Å². The third kappa shape index (κ3) is 4.69. The maximum absolute atomic E-state index is 12.3. The average molecular weight is 336 g/mol. The van der Waals surface area contributed by atoms with Crippen molar-refractivity contribution < 1.29 is 19.1 Å². The van der Waals surface area contributed by atoms with Gasteiger partial charge in [-0.1, -0.05) is 12.1 Å². The highest BCUT2D eigenvalue weighted by Gasteiger charge is 2.10. The van der Waals surface area contributed by atoms with E-state index in [4.69, 9.17) is 10.00 Å². The normalized spacial score (nSPS) is 10.5. The molecule has 0 atom stereocenters. The predicted octanol–water partition coefficient (Wildman–Crippen LogP) is 3.03. The molecule has 2 rings (SSSR count). The lowest BCUT2D eigenvalue weighted by molar-refractivity contribution is -0.135. The molecule has 0 saturated carbocycles. The first-order chi connectivity index (χ1) is 12.1. The van der Waals surface area contributed by atoms with Crippen LogP contribution in [0.4, 0.5) is 5.69 Å². The van der Waals surface area contributed by atoms with Crippen LogP contribution in [0.2, 0.25) is 0 Å². The highest BCUT2D eigenvalue weighted by Crippen LogP contribution is 2.17. The number of hydrogen-bond donors (Lipinski definition) is 1. The van der Waals surface area contributed by atoms with Crippen LogP contribution in [-0.2, 0) is 9.53 Å². The minimum atomic E-state index is -0.713. The van der Waals surface area contributed by atoms with E-state index in [1.807, 2.05) is 0 Å². The van der Waals surface area contributed by atoms with E-state index >= 15 is 0 Å². The number of nitriles is 1. The molecule has 0 spiro atoms. The summed E-state index contributed by atoms with van der Waals surface area (Å²) in [5, 5.41) is 11.8. The molecule has 0 aliphatic rings. The van der Waals surface area contributed by atoms with E-state index in [1.54, 1.807) is 61.7 Å². The number of ether oxygens (including phenoxy) is 2.